The average molecular weight is 386 g/mol. The Morgan fingerprint density at radius 1 is 1.33 bits per heavy atom. The standard InChI is InChI=1S/C19H20ClN5O2/c1-24-18(26)3-2-17(23-24)22-19(27)25-6-4-13(5-7-25)8-14-9-15(12-21)11-16(20)10-14/h2-3,9-11,13H,4-8H2,1H3,(H,22,23,27). The molecular weight excluding hydrogens is 366 g/mol. The van der Waals surface area contributed by atoms with Crippen LogP contribution in [0.25, 0.3) is 0 Å². The molecule has 0 atom stereocenters. The van der Waals surface area contributed by atoms with Crippen LogP contribution in [-0.4, -0.2) is 33.8 Å². The lowest BCUT2D eigenvalue weighted by Gasteiger charge is -2.32. The summed E-state index contributed by atoms with van der Waals surface area (Å²) in [7, 11) is 1.54. The molecule has 1 aliphatic heterocycles. The van der Waals surface area contributed by atoms with Crippen LogP contribution in [0, 0.1) is 17.2 Å². The molecule has 1 aromatic carbocycles. The van der Waals surface area contributed by atoms with Crippen LogP contribution in [0.3, 0.4) is 0 Å². The number of hydrogen-bond donors (Lipinski definition) is 1. The van der Waals surface area contributed by atoms with Gasteiger partial charge in [-0.25, -0.2) is 9.48 Å². The van der Waals surface area contributed by atoms with Gasteiger partial charge in [-0.05, 0) is 55.0 Å². The van der Waals surface area contributed by atoms with Gasteiger partial charge in [0.15, 0.2) is 5.82 Å². The summed E-state index contributed by atoms with van der Waals surface area (Å²) >= 11 is 6.07. The number of piperidine rings is 1. The number of likely N-dealkylation sites (tertiary alicyclic amines) is 1. The van der Waals surface area contributed by atoms with E-state index in [0.29, 0.717) is 35.4 Å². The third-order valence-electron chi connectivity index (χ3n) is 4.71. The first-order chi connectivity index (χ1) is 12.9. The second-order valence-corrected chi connectivity index (χ2v) is 7.14. The van der Waals surface area contributed by atoms with E-state index in [1.807, 2.05) is 12.1 Å². The maximum atomic E-state index is 12.4. The van der Waals surface area contributed by atoms with Crippen molar-refractivity contribution in [3.05, 3.63) is 56.8 Å². The molecule has 1 aliphatic rings. The van der Waals surface area contributed by atoms with Gasteiger partial charge >= 0.3 is 6.03 Å². The number of halogens is 1. The zero-order valence-corrected chi connectivity index (χ0v) is 15.7. The molecule has 1 saturated heterocycles. The predicted octanol–water partition coefficient (Wildman–Crippen LogP) is 2.79. The Morgan fingerprint density at radius 2 is 2.07 bits per heavy atom. The number of benzene rings is 1. The molecule has 1 fully saturated rings. The van der Waals surface area contributed by atoms with E-state index in [0.717, 1.165) is 24.8 Å². The summed E-state index contributed by atoms with van der Waals surface area (Å²) in [6, 6.07) is 10.2. The summed E-state index contributed by atoms with van der Waals surface area (Å²) in [5.41, 5.74) is 1.39. The minimum Gasteiger partial charge on any atom is -0.324 e. The third-order valence-corrected chi connectivity index (χ3v) is 4.93. The third kappa shape index (κ3) is 4.86. The van der Waals surface area contributed by atoms with Crippen LogP contribution in [-0.2, 0) is 13.5 Å². The summed E-state index contributed by atoms with van der Waals surface area (Å²) < 4.78 is 1.18. The lowest BCUT2D eigenvalue weighted by Crippen LogP contribution is -2.41. The number of rotatable bonds is 3. The molecule has 8 heteroatoms. The minimum absolute atomic E-state index is 0.214. The van der Waals surface area contributed by atoms with Gasteiger partial charge in [-0.15, -0.1) is 0 Å². The van der Waals surface area contributed by atoms with Gasteiger partial charge in [0.2, 0.25) is 0 Å². The number of amides is 2. The highest BCUT2D eigenvalue weighted by molar-refractivity contribution is 6.30. The summed E-state index contributed by atoms with van der Waals surface area (Å²) in [5, 5.41) is 16.4. The fraction of sp³-hybridized carbons (Fsp3) is 0.368. The van der Waals surface area contributed by atoms with Crippen molar-refractivity contribution >= 4 is 23.4 Å². The second-order valence-electron chi connectivity index (χ2n) is 6.71. The largest absolute Gasteiger partial charge is 0.324 e. The van der Waals surface area contributed by atoms with Crippen molar-refractivity contribution < 1.29 is 4.79 Å². The number of hydrogen-bond acceptors (Lipinski definition) is 4. The minimum atomic E-state index is -0.227. The summed E-state index contributed by atoms with van der Waals surface area (Å²) in [6.07, 6.45) is 2.60. The van der Waals surface area contributed by atoms with E-state index >= 15 is 0 Å². The molecule has 0 saturated carbocycles. The number of carbonyl (C=O) groups excluding carboxylic acids is 1. The van der Waals surface area contributed by atoms with Crippen LogP contribution in [0.4, 0.5) is 10.6 Å². The van der Waals surface area contributed by atoms with E-state index in [1.165, 1.54) is 23.9 Å². The van der Waals surface area contributed by atoms with Crippen LogP contribution >= 0.6 is 11.6 Å². The SMILES string of the molecule is Cn1nc(NC(=O)N2CCC(Cc3cc(Cl)cc(C#N)c3)CC2)ccc1=O. The van der Waals surface area contributed by atoms with Crippen molar-refractivity contribution in [3.8, 4) is 6.07 Å². The maximum absolute atomic E-state index is 12.4. The first-order valence-electron chi connectivity index (χ1n) is 8.74. The van der Waals surface area contributed by atoms with E-state index in [2.05, 4.69) is 16.5 Å². The van der Waals surface area contributed by atoms with Crippen LogP contribution in [0.2, 0.25) is 5.02 Å². The Labute approximate surface area is 162 Å². The average Bonchev–Trinajstić information content (AvgIpc) is 2.64. The van der Waals surface area contributed by atoms with Crippen LogP contribution < -0.4 is 10.9 Å². The topological polar surface area (TPSA) is 91.0 Å². The van der Waals surface area contributed by atoms with Crippen molar-refractivity contribution in [1.29, 1.82) is 5.26 Å². The van der Waals surface area contributed by atoms with Gasteiger partial charge in [0.1, 0.15) is 0 Å². The van der Waals surface area contributed by atoms with Crippen molar-refractivity contribution in [1.82, 2.24) is 14.7 Å². The zero-order valence-electron chi connectivity index (χ0n) is 15.0. The second kappa shape index (κ2) is 8.23. The molecule has 0 radical (unpaired) electrons. The monoisotopic (exact) mass is 385 g/mol. The molecule has 2 aromatic rings. The smallest absolute Gasteiger partial charge is 0.323 e. The fourth-order valence-corrected chi connectivity index (χ4v) is 3.52. The number of nitrogens with zero attached hydrogens (tertiary/aromatic N) is 4. The van der Waals surface area contributed by atoms with Crippen LogP contribution in [0.5, 0.6) is 0 Å². The molecule has 3 rings (SSSR count). The number of carbonyl (C=O) groups is 1. The van der Waals surface area contributed by atoms with Crippen molar-refractivity contribution in [2.45, 2.75) is 19.3 Å². The zero-order chi connectivity index (χ0) is 19.4. The Balaban J connectivity index is 1.54. The summed E-state index contributed by atoms with van der Waals surface area (Å²) in [5.74, 6) is 0.793. The van der Waals surface area contributed by atoms with Gasteiger partial charge in [0, 0.05) is 31.2 Å². The molecular formula is C19H20ClN5O2. The highest BCUT2D eigenvalue weighted by atomic mass is 35.5. The highest BCUT2D eigenvalue weighted by Gasteiger charge is 2.23. The van der Waals surface area contributed by atoms with Crippen molar-refractivity contribution in [2.24, 2.45) is 13.0 Å². The van der Waals surface area contributed by atoms with Gasteiger partial charge < -0.3 is 4.90 Å². The van der Waals surface area contributed by atoms with Gasteiger partial charge in [-0.1, -0.05) is 11.6 Å². The maximum Gasteiger partial charge on any atom is 0.323 e. The number of aromatic nitrogens is 2. The van der Waals surface area contributed by atoms with Crippen LogP contribution in [0.15, 0.2) is 35.1 Å². The lowest BCUT2D eigenvalue weighted by atomic mass is 9.90. The van der Waals surface area contributed by atoms with E-state index in [9.17, 15) is 9.59 Å². The van der Waals surface area contributed by atoms with Gasteiger partial charge in [-0.3, -0.25) is 10.1 Å². The van der Waals surface area contributed by atoms with Crippen molar-refractivity contribution in [3.63, 3.8) is 0 Å². The molecule has 0 spiro atoms. The number of nitriles is 1. The first kappa shape index (κ1) is 18.9. The quantitative estimate of drug-likeness (QED) is 0.879. The molecule has 0 unspecified atom stereocenters. The normalized spacial score (nSPS) is 14.6. The summed E-state index contributed by atoms with van der Waals surface area (Å²) in [4.78, 5) is 25.5. The van der Waals surface area contributed by atoms with E-state index in [1.54, 1.807) is 11.0 Å². The Kier molecular flexibility index (Phi) is 5.77. The fourth-order valence-electron chi connectivity index (χ4n) is 3.26. The molecule has 2 heterocycles. The van der Waals surface area contributed by atoms with E-state index < -0.39 is 0 Å². The van der Waals surface area contributed by atoms with E-state index in [4.69, 9.17) is 16.9 Å². The molecule has 140 valence electrons. The lowest BCUT2D eigenvalue weighted by molar-refractivity contribution is 0.182. The molecule has 7 nitrogen and oxygen atoms in total. The predicted molar refractivity (Wildman–Crippen MR) is 103 cm³/mol. The highest BCUT2D eigenvalue weighted by Crippen LogP contribution is 2.24. The number of aryl methyl sites for hydroxylation is 1. The molecule has 1 N–H and O–H groups in total. The molecule has 0 aliphatic carbocycles. The Morgan fingerprint density at radius 3 is 2.74 bits per heavy atom. The molecule has 1 aromatic heterocycles. The molecule has 0 bridgehead atoms. The van der Waals surface area contributed by atoms with Crippen LogP contribution in [0.1, 0.15) is 24.0 Å². The first-order valence-corrected chi connectivity index (χ1v) is 9.12. The van der Waals surface area contributed by atoms with Gasteiger partial charge in [-0.2, -0.15) is 10.4 Å². The van der Waals surface area contributed by atoms with E-state index in [-0.39, 0.29) is 11.6 Å². The molecule has 27 heavy (non-hydrogen) atoms. The van der Waals surface area contributed by atoms with Gasteiger partial charge in [0.05, 0.1) is 11.6 Å². The molecule has 2 amide bonds. The number of anilines is 1. The van der Waals surface area contributed by atoms with Crippen molar-refractivity contribution in [2.75, 3.05) is 18.4 Å². The number of nitrogens with one attached hydrogen (secondary N) is 1. The summed E-state index contributed by atoms with van der Waals surface area (Å²) in [6.45, 7) is 1.29. The van der Waals surface area contributed by atoms with Gasteiger partial charge in [0.25, 0.3) is 5.56 Å². The Bertz CT molecular complexity index is 942. The number of urea groups is 1. The Hall–Kier alpha value is -2.85.